The average Bonchev–Trinajstić information content (AvgIpc) is 2.51. The monoisotopic (exact) mass is 185 g/mol. The second-order valence-corrected chi connectivity index (χ2v) is 4.10. The Balaban J connectivity index is 2.40. The quantitative estimate of drug-likeness (QED) is 0.676. The predicted molar refractivity (Wildman–Crippen MR) is 53.3 cm³/mol. The Hall–Kier alpha value is -0.440. The summed E-state index contributed by atoms with van der Waals surface area (Å²) in [5, 5.41) is 3.56. The van der Waals surface area contributed by atoms with Gasteiger partial charge in [-0.25, -0.2) is 0 Å². The Morgan fingerprint density at radius 2 is 2.42 bits per heavy atom. The third-order valence-corrected chi connectivity index (χ3v) is 3.44. The lowest BCUT2D eigenvalue weighted by Crippen LogP contribution is -2.37. The van der Waals surface area contributed by atoms with E-state index in [2.05, 4.69) is 18.2 Å². The van der Waals surface area contributed by atoms with Crippen molar-refractivity contribution in [1.29, 1.82) is 0 Å². The molecule has 0 heterocycles. The van der Waals surface area contributed by atoms with Gasteiger partial charge in [-0.05, 0) is 25.2 Å². The van der Waals surface area contributed by atoms with Crippen molar-refractivity contribution in [3.8, 4) is 0 Å². The van der Waals surface area contributed by atoms with Crippen LogP contribution in [-0.4, -0.2) is 23.5 Å². The molecule has 0 aromatic carbocycles. The Morgan fingerprint density at radius 1 is 1.67 bits per heavy atom. The molecule has 0 aromatic heterocycles. The van der Waals surface area contributed by atoms with Gasteiger partial charge in [0.05, 0.1) is 0 Å². The lowest BCUT2D eigenvalue weighted by Gasteiger charge is -2.17. The summed E-state index contributed by atoms with van der Waals surface area (Å²) in [5.74, 6) is -0.0408. The Bertz CT molecular complexity index is 181. The number of thioether (sulfide) groups is 1. The van der Waals surface area contributed by atoms with Gasteiger partial charge in [-0.3, -0.25) is 4.79 Å². The summed E-state index contributed by atoms with van der Waals surface area (Å²) in [6.07, 6.45) is 7.01. The van der Waals surface area contributed by atoms with E-state index in [9.17, 15) is 4.79 Å². The first-order valence-corrected chi connectivity index (χ1v) is 5.52. The van der Waals surface area contributed by atoms with E-state index in [0.717, 1.165) is 6.42 Å². The summed E-state index contributed by atoms with van der Waals surface area (Å²) in [6.45, 7) is 3.43. The van der Waals surface area contributed by atoms with E-state index in [1.165, 1.54) is 18.9 Å². The number of hydrogen-bond acceptors (Lipinski definition) is 2. The minimum Gasteiger partial charge on any atom is -0.349 e. The number of hydrogen-bond donors (Lipinski definition) is 1. The lowest BCUT2D eigenvalue weighted by molar-refractivity contribution is -0.117. The third kappa shape index (κ3) is 2.27. The topological polar surface area (TPSA) is 29.1 Å². The summed E-state index contributed by atoms with van der Waals surface area (Å²) in [4.78, 5) is 11.0. The van der Waals surface area contributed by atoms with Crippen molar-refractivity contribution in [3.63, 3.8) is 0 Å². The van der Waals surface area contributed by atoms with Gasteiger partial charge in [0.25, 0.3) is 0 Å². The van der Waals surface area contributed by atoms with Crippen molar-refractivity contribution in [2.45, 2.75) is 30.6 Å². The van der Waals surface area contributed by atoms with E-state index in [4.69, 9.17) is 0 Å². The van der Waals surface area contributed by atoms with Crippen LogP contribution >= 0.6 is 11.8 Å². The van der Waals surface area contributed by atoms with Crippen molar-refractivity contribution in [2.75, 3.05) is 6.26 Å². The molecule has 0 spiro atoms. The highest BCUT2D eigenvalue weighted by molar-refractivity contribution is 7.99. The van der Waals surface area contributed by atoms with E-state index < -0.39 is 0 Å². The summed E-state index contributed by atoms with van der Waals surface area (Å²) < 4.78 is 0. The van der Waals surface area contributed by atoms with Crippen LogP contribution in [-0.2, 0) is 4.79 Å². The van der Waals surface area contributed by atoms with Gasteiger partial charge in [-0.15, -0.1) is 0 Å². The highest BCUT2D eigenvalue weighted by Gasteiger charge is 2.26. The van der Waals surface area contributed by atoms with E-state index in [-0.39, 0.29) is 5.91 Å². The maximum atomic E-state index is 11.0. The van der Waals surface area contributed by atoms with Crippen molar-refractivity contribution in [1.82, 2.24) is 5.32 Å². The predicted octanol–water partition coefficient (Wildman–Crippen LogP) is 1.57. The molecule has 68 valence electrons. The molecule has 0 bridgehead atoms. The zero-order valence-corrected chi connectivity index (χ0v) is 8.19. The van der Waals surface area contributed by atoms with Crippen LogP contribution in [0.4, 0.5) is 0 Å². The SMILES string of the molecule is C=CC(=O)NC1CCCC1SC. The summed E-state index contributed by atoms with van der Waals surface area (Å²) >= 11 is 1.84. The molecule has 2 nitrogen and oxygen atoms in total. The van der Waals surface area contributed by atoms with Crippen molar-refractivity contribution in [2.24, 2.45) is 0 Å². The molecule has 2 unspecified atom stereocenters. The minimum absolute atomic E-state index is 0.0408. The molecule has 1 amide bonds. The number of carbonyl (C=O) groups is 1. The first-order chi connectivity index (χ1) is 5.77. The standard InChI is InChI=1S/C9H15NOS/c1-3-9(11)10-7-5-4-6-8(7)12-2/h3,7-8H,1,4-6H2,2H3,(H,10,11). The number of rotatable bonds is 3. The number of carbonyl (C=O) groups excluding carboxylic acids is 1. The smallest absolute Gasteiger partial charge is 0.243 e. The van der Waals surface area contributed by atoms with Gasteiger partial charge in [0.15, 0.2) is 0 Å². The molecule has 1 fully saturated rings. The van der Waals surface area contributed by atoms with Gasteiger partial charge in [0.1, 0.15) is 0 Å². The van der Waals surface area contributed by atoms with Gasteiger partial charge in [0, 0.05) is 11.3 Å². The molecule has 12 heavy (non-hydrogen) atoms. The molecule has 1 N–H and O–H groups in total. The molecular formula is C9H15NOS. The zero-order chi connectivity index (χ0) is 8.97. The highest BCUT2D eigenvalue weighted by atomic mass is 32.2. The van der Waals surface area contributed by atoms with E-state index in [0.29, 0.717) is 11.3 Å². The van der Waals surface area contributed by atoms with Crippen LogP contribution in [0.2, 0.25) is 0 Å². The summed E-state index contributed by atoms with van der Waals surface area (Å²) in [7, 11) is 0. The Labute approximate surface area is 77.8 Å². The van der Waals surface area contributed by atoms with Crippen LogP contribution in [0.3, 0.4) is 0 Å². The van der Waals surface area contributed by atoms with Gasteiger partial charge < -0.3 is 5.32 Å². The van der Waals surface area contributed by atoms with Crippen LogP contribution in [0.5, 0.6) is 0 Å². The molecule has 0 radical (unpaired) electrons. The van der Waals surface area contributed by atoms with Gasteiger partial charge in [-0.1, -0.05) is 13.0 Å². The van der Waals surface area contributed by atoms with Gasteiger partial charge in [-0.2, -0.15) is 11.8 Å². The Kier molecular flexibility index (Phi) is 3.66. The van der Waals surface area contributed by atoms with E-state index in [1.54, 1.807) is 0 Å². The van der Waals surface area contributed by atoms with Crippen molar-refractivity contribution in [3.05, 3.63) is 12.7 Å². The van der Waals surface area contributed by atoms with E-state index in [1.807, 2.05) is 11.8 Å². The largest absolute Gasteiger partial charge is 0.349 e. The van der Waals surface area contributed by atoms with Crippen LogP contribution in [0.1, 0.15) is 19.3 Å². The van der Waals surface area contributed by atoms with Crippen LogP contribution in [0.25, 0.3) is 0 Å². The third-order valence-electron chi connectivity index (χ3n) is 2.27. The van der Waals surface area contributed by atoms with Crippen molar-refractivity contribution < 1.29 is 4.79 Å². The molecular weight excluding hydrogens is 170 g/mol. The van der Waals surface area contributed by atoms with E-state index >= 15 is 0 Å². The number of nitrogens with one attached hydrogen (secondary N) is 1. The van der Waals surface area contributed by atoms with Gasteiger partial charge >= 0.3 is 0 Å². The molecule has 0 aromatic rings. The fraction of sp³-hybridized carbons (Fsp3) is 0.667. The normalized spacial score (nSPS) is 28.4. The second kappa shape index (κ2) is 4.55. The van der Waals surface area contributed by atoms with Crippen LogP contribution in [0, 0.1) is 0 Å². The first kappa shape index (κ1) is 9.65. The molecule has 0 aliphatic heterocycles. The maximum Gasteiger partial charge on any atom is 0.243 e. The van der Waals surface area contributed by atoms with Crippen LogP contribution < -0.4 is 5.32 Å². The second-order valence-electron chi connectivity index (χ2n) is 3.02. The molecule has 1 saturated carbocycles. The fourth-order valence-corrected chi connectivity index (χ4v) is 2.55. The van der Waals surface area contributed by atoms with Crippen LogP contribution in [0.15, 0.2) is 12.7 Å². The minimum atomic E-state index is -0.0408. The molecule has 1 aliphatic carbocycles. The zero-order valence-electron chi connectivity index (χ0n) is 7.38. The Morgan fingerprint density at radius 3 is 3.00 bits per heavy atom. The summed E-state index contributed by atoms with van der Waals surface area (Å²) in [6, 6.07) is 0.366. The lowest BCUT2D eigenvalue weighted by atomic mass is 10.2. The first-order valence-electron chi connectivity index (χ1n) is 4.23. The highest BCUT2D eigenvalue weighted by Crippen LogP contribution is 2.28. The molecule has 1 aliphatic rings. The fourth-order valence-electron chi connectivity index (χ4n) is 1.61. The summed E-state index contributed by atoms with van der Waals surface area (Å²) in [5.41, 5.74) is 0. The molecule has 1 rings (SSSR count). The number of amides is 1. The maximum absolute atomic E-state index is 11.0. The molecule has 0 saturated heterocycles. The van der Waals surface area contributed by atoms with Gasteiger partial charge in [0.2, 0.25) is 5.91 Å². The van der Waals surface area contributed by atoms with Crippen molar-refractivity contribution >= 4 is 17.7 Å². The molecule has 2 atom stereocenters. The average molecular weight is 185 g/mol. The molecule has 3 heteroatoms.